The molecule has 3 N–H and O–H groups in total. The van der Waals surface area contributed by atoms with Gasteiger partial charge in [0.25, 0.3) is 6.43 Å². The van der Waals surface area contributed by atoms with E-state index in [9.17, 15) is 13.6 Å². The van der Waals surface area contributed by atoms with E-state index in [2.05, 4.69) is 9.72 Å². The zero-order chi connectivity index (χ0) is 11.6. The van der Waals surface area contributed by atoms with Gasteiger partial charge in [0, 0.05) is 0 Å². The summed E-state index contributed by atoms with van der Waals surface area (Å²) >= 11 is 0. The van der Waals surface area contributed by atoms with Crippen molar-refractivity contribution in [3.8, 4) is 5.75 Å². The van der Waals surface area contributed by atoms with Crippen LogP contribution in [0, 0.1) is 0 Å². The molecule has 0 fully saturated rings. The van der Waals surface area contributed by atoms with Crippen LogP contribution in [0.25, 0.3) is 0 Å². The summed E-state index contributed by atoms with van der Waals surface area (Å²) in [7, 11) is 1.08. The van der Waals surface area contributed by atoms with Crippen LogP contribution in [-0.4, -0.2) is 23.2 Å². The Morgan fingerprint density at radius 2 is 2.27 bits per heavy atom. The summed E-state index contributed by atoms with van der Waals surface area (Å²) in [6.07, 6.45) is -2.05. The highest BCUT2D eigenvalue weighted by Crippen LogP contribution is 2.35. The van der Waals surface area contributed by atoms with Crippen LogP contribution in [0.1, 0.15) is 22.5 Å². The van der Waals surface area contributed by atoms with Gasteiger partial charge in [0.05, 0.1) is 24.6 Å². The Kier molecular flexibility index (Phi) is 3.03. The molecule has 1 heterocycles. The molecule has 82 valence electrons. The van der Waals surface area contributed by atoms with Gasteiger partial charge >= 0.3 is 5.97 Å². The molecule has 1 aromatic rings. The summed E-state index contributed by atoms with van der Waals surface area (Å²) in [5.74, 6) is -1.95. The molecule has 0 saturated carbocycles. The SMILES string of the molecule is COc1c(C(=O)O)ncc(N)c1C(F)F. The number of hydrogen-bond donors (Lipinski definition) is 2. The van der Waals surface area contributed by atoms with E-state index in [1.54, 1.807) is 0 Å². The summed E-state index contributed by atoms with van der Waals surface area (Å²) in [6, 6.07) is 0. The summed E-state index contributed by atoms with van der Waals surface area (Å²) in [5, 5.41) is 8.67. The minimum absolute atomic E-state index is 0.299. The number of aromatic carboxylic acids is 1. The van der Waals surface area contributed by atoms with Gasteiger partial charge in [0.1, 0.15) is 0 Å². The third-order valence-electron chi connectivity index (χ3n) is 1.73. The average molecular weight is 218 g/mol. The molecule has 0 amide bonds. The maximum atomic E-state index is 12.5. The lowest BCUT2D eigenvalue weighted by atomic mass is 10.1. The van der Waals surface area contributed by atoms with Gasteiger partial charge in [-0.25, -0.2) is 18.6 Å². The number of nitrogens with zero attached hydrogens (tertiary/aromatic N) is 1. The van der Waals surface area contributed by atoms with Crippen molar-refractivity contribution in [2.45, 2.75) is 6.43 Å². The van der Waals surface area contributed by atoms with E-state index in [0.29, 0.717) is 0 Å². The number of nitrogens with two attached hydrogens (primary N) is 1. The summed E-state index contributed by atoms with van der Waals surface area (Å²) in [5.41, 5.74) is 3.72. The third kappa shape index (κ3) is 1.95. The number of carbonyl (C=O) groups is 1. The first-order valence-electron chi connectivity index (χ1n) is 3.82. The monoisotopic (exact) mass is 218 g/mol. The van der Waals surface area contributed by atoms with Crippen LogP contribution in [0.2, 0.25) is 0 Å². The van der Waals surface area contributed by atoms with E-state index in [4.69, 9.17) is 10.8 Å². The fraction of sp³-hybridized carbons (Fsp3) is 0.250. The second-order valence-corrected chi connectivity index (χ2v) is 2.61. The van der Waals surface area contributed by atoms with Crippen molar-refractivity contribution >= 4 is 11.7 Å². The molecule has 0 bridgehead atoms. The zero-order valence-electron chi connectivity index (χ0n) is 7.70. The number of carboxylic acid groups (broad SMARTS) is 1. The molecule has 5 nitrogen and oxygen atoms in total. The number of alkyl halides is 2. The molecule has 0 aliphatic carbocycles. The van der Waals surface area contributed by atoms with Gasteiger partial charge in [-0.15, -0.1) is 0 Å². The summed E-state index contributed by atoms with van der Waals surface area (Å²) in [4.78, 5) is 14.0. The summed E-state index contributed by atoms with van der Waals surface area (Å²) in [6.45, 7) is 0. The van der Waals surface area contributed by atoms with Gasteiger partial charge in [0.2, 0.25) is 0 Å². The fourth-order valence-electron chi connectivity index (χ4n) is 1.10. The second-order valence-electron chi connectivity index (χ2n) is 2.61. The number of methoxy groups -OCH3 is 1. The molecule has 15 heavy (non-hydrogen) atoms. The van der Waals surface area contributed by atoms with E-state index in [0.717, 1.165) is 13.3 Å². The van der Waals surface area contributed by atoms with Gasteiger partial charge in [-0.05, 0) is 0 Å². The van der Waals surface area contributed by atoms with Gasteiger partial charge in [0.15, 0.2) is 11.4 Å². The smallest absolute Gasteiger partial charge is 0.358 e. The number of halogens is 2. The van der Waals surface area contributed by atoms with Crippen LogP contribution in [-0.2, 0) is 0 Å². The molecule has 0 atom stereocenters. The van der Waals surface area contributed by atoms with Crippen LogP contribution in [0.15, 0.2) is 6.20 Å². The molecular formula is C8H8F2N2O3. The predicted molar refractivity (Wildman–Crippen MR) is 47.1 cm³/mol. The number of aromatic nitrogens is 1. The van der Waals surface area contributed by atoms with Gasteiger partial charge in [-0.2, -0.15) is 0 Å². The van der Waals surface area contributed by atoms with Gasteiger partial charge in [-0.1, -0.05) is 0 Å². The maximum Gasteiger partial charge on any atom is 0.358 e. The molecule has 0 unspecified atom stereocenters. The van der Waals surface area contributed by atoms with Gasteiger partial charge in [-0.3, -0.25) is 0 Å². The van der Waals surface area contributed by atoms with Crippen molar-refractivity contribution in [1.29, 1.82) is 0 Å². The standard InChI is InChI=1S/C8H8F2N2O3/c1-15-6-4(7(9)10)3(11)2-12-5(6)8(13)14/h2,7H,11H2,1H3,(H,13,14). The van der Waals surface area contributed by atoms with E-state index in [1.807, 2.05) is 0 Å². The van der Waals surface area contributed by atoms with Crippen molar-refractivity contribution in [2.24, 2.45) is 0 Å². The largest absolute Gasteiger partial charge is 0.494 e. The van der Waals surface area contributed by atoms with E-state index in [1.165, 1.54) is 0 Å². The second kappa shape index (κ2) is 4.07. The lowest BCUT2D eigenvalue weighted by molar-refractivity contribution is 0.0685. The first-order chi connectivity index (χ1) is 6.99. The average Bonchev–Trinajstić information content (AvgIpc) is 2.15. The van der Waals surface area contributed by atoms with E-state index < -0.39 is 29.4 Å². The number of carboxylic acids is 1. The number of hydrogen-bond acceptors (Lipinski definition) is 4. The van der Waals surface area contributed by atoms with Crippen LogP contribution in [0.3, 0.4) is 0 Å². The maximum absolute atomic E-state index is 12.5. The molecule has 0 aromatic carbocycles. The zero-order valence-corrected chi connectivity index (χ0v) is 7.70. The molecule has 1 rings (SSSR count). The Morgan fingerprint density at radius 3 is 2.67 bits per heavy atom. The van der Waals surface area contributed by atoms with E-state index >= 15 is 0 Å². The van der Waals surface area contributed by atoms with Crippen molar-refractivity contribution in [3.05, 3.63) is 17.5 Å². The highest BCUT2D eigenvalue weighted by molar-refractivity contribution is 5.90. The Bertz CT molecular complexity index is 396. The third-order valence-corrected chi connectivity index (χ3v) is 1.73. The Balaban J connectivity index is 3.47. The van der Waals surface area contributed by atoms with Crippen molar-refractivity contribution in [1.82, 2.24) is 4.98 Å². The van der Waals surface area contributed by atoms with Crippen molar-refractivity contribution in [3.63, 3.8) is 0 Å². The molecule has 7 heteroatoms. The molecule has 0 spiro atoms. The summed E-state index contributed by atoms with van der Waals surface area (Å²) < 4.78 is 29.7. The fourth-order valence-corrected chi connectivity index (χ4v) is 1.10. The van der Waals surface area contributed by atoms with Crippen molar-refractivity contribution in [2.75, 3.05) is 12.8 Å². The highest BCUT2D eigenvalue weighted by atomic mass is 19.3. The molecule has 1 aromatic heterocycles. The van der Waals surface area contributed by atoms with Crippen LogP contribution < -0.4 is 10.5 Å². The number of ether oxygens (including phenoxy) is 1. The first kappa shape index (κ1) is 11.2. The minimum Gasteiger partial charge on any atom is -0.494 e. The number of pyridine rings is 1. The normalized spacial score (nSPS) is 10.4. The van der Waals surface area contributed by atoms with Crippen LogP contribution in [0.4, 0.5) is 14.5 Å². The van der Waals surface area contributed by atoms with Crippen molar-refractivity contribution < 1.29 is 23.4 Å². The molecular weight excluding hydrogens is 210 g/mol. The Morgan fingerprint density at radius 1 is 1.67 bits per heavy atom. The molecule has 0 aliphatic rings. The highest BCUT2D eigenvalue weighted by Gasteiger charge is 2.24. The minimum atomic E-state index is -2.92. The molecule has 0 aliphatic heterocycles. The number of nitrogen functional groups attached to an aromatic ring is 1. The van der Waals surface area contributed by atoms with Crippen LogP contribution >= 0.6 is 0 Å². The quantitative estimate of drug-likeness (QED) is 0.798. The molecule has 0 saturated heterocycles. The Labute approximate surface area is 83.5 Å². The lowest BCUT2D eigenvalue weighted by Crippen LogP contribution is -2.09. The lowest BCUT2D eigenvalue weighted by Gasteiger charge is -2.11. The number of rotatable bonds is 3. The molecule has 0 radical (unpaired) electrons. The Hall–Kier alpha value is -1.92. The van der Waals surface area contributed by atoms with Crippen LogP contribution in [0.5, 0.6) is 5.75 Å². The first-order valence-corrected chi connectivity index (χ1v) is 3.82. The number of anilines is 1. The predicted octanol–water partition coefficient (Wildman–Crippen LogP) is 1.31. The van der Waals surface area contributed by atoms with E-state index in [-0.39, 0.29) is 5.69 Å². The van der Waals surface area contributed by atoms with Gasteiger partial charge < -0.3 is 15.6 Å². The topological polar surface area (TPSA) is 85.4 Å².